The predicted octanol–water partition coefficient (Wildman–Crippen LogP) is 2.42. The molecule has 3 aromatic rings. The number of fused-ring (bicyclic) bond motifs is 1. The van der Waals surface area contributed by atoms with Gasteiger partial charge in [0.25, 0.3) is 0 Å². The Hall–Kier alpha value is -2.17. The molecule has 188 valence electrons. The van der Waals surface area contributed by atoms with Crippen LogP contribution in [0.3, 0.4) is 0 Å². The van der Waals surface area contributed by atoms with E-state index in [9.17, 15) is 20.4 Å². The maximum Gasteiger partial charge on any atom is 0.163 e. The standard InChI is InChI=1S/C26H30ClNO7/c27-19-2-1-3-20-22(19)16(13-28(20)26-25(32)24(31)23(30)21(14-29)35-26)12-15-4-6-17(7-5-15)34-18-8-10-33-11-9-18/h1-7,13,18,21,23-26,29-32H,8-12,14H2/t21-,23-,24+,25-,26-/m1/s1. The molecule has 35 heavy (non-hydrogen) atoms. The van der Waals surface area contributed by atoms with E-state index in [1.54, 1.807) is 16.7 Å². The summed E-state index contributed by atoms with van der Waals surface area (Å²) in [6.45, 7) is 0.959. The highest BCUT2D eigenvalue weighted by Gasteiger charge is 2.44. The summed E-state index contributed by atoms with van der Waals surface area (Å²) in [5.74, 6) is 0.822. The van der Waals surface area contributed by atoms with Crippen molar-refractivity contribution in [3.8, 4) is 5.75 Å². The van der Waals surface area contributed by atoms with Gasteiger partial charge in [-0.25, -0.2) is 0 Å². The molecule has 0 amide bonds. The van der Waals surface area contributed by atoms with Crippen molar-refractivity contribution < 1.29 is 34.6 Å². The molecule has 2 saturated heterocycles. The van der Waals surface area contributed by atoms with Crippen molar-refractivity contribution in [3.63, 3.8) is 0 Å². The van der Waals surface area contributed by atoms with Gasteiger partial charge in [0.05, 0.1) is 30.4 Å². The van der Waals surface area contributed by atoms with Gasteiger partial charge in [-0.1, -0.05) is 29.8 Å². The Labute approximate surface area is 208 Å². The predicted molar refractivity (Wildman–Crippen MR) is 130 cm³/mol. The van der Waals surface area contributed by atoms with Gasteiger partial charge in [-0.15, -0.1) is 0 Å². The molecule has 0 saturated carbocycles. The van der Waals surface area contributed by atoms with Crippen molar-refractivity contribution in [1.29, 1.82) is 0 Å². The largest absolute Gasteiger partial charge is 0.490 e. The third-order valence-corrected chi connectivity index (χ3v) is 7.13. The van der Waals surface area contributed by atoms with E-state index in [-0.39, 0.29) is 6.10 Å². The van der Waals surface area contributed by atoms with Crippen LogP contribution >= 0.6 is 11.6 Å². The average molecular weight is 504 g/mol. The lowest BCUT2D eigenvalue weighted by Gasteiger charge is -2.40. The number of ether oxygens (including phenoxy) is 3. The summed E-state index contributed by atoms with van der Waals surface area (Å²) >= 11 is 6.58. The van der Waals surface area contributed by atoms with Crippen LogP contribution in [0.4, 0.5) is 0 Å². The first-order valence-electron chi connectivity index (χ1n) is 11.9. The van der Waals surface area contributed by atoms with Gasteiger partial charge in [-0.05, 0) is 41.8 Å². The second-order valence-electron chi connectivity index (χ2n) is 9.17. The second kappa shape index (κ2) is 10.4. The summed E-state index contributed by atoms with van der Waals surface area (Å²) in [5, 5.41) is 42.1. The summed E-state index contributed by atoms with van der Waals surface area (Å²) in [6, 6.07) is 13.4. The Morgan fingerprint density at radius 3 is 2.43 bits per heavy atom. The smallest absolute Gasteiger partial charge is 0.163 e. The van der Waals surface area contributed by atoms with E-state index in [1.165, 1.54) is 0 Å². The van der Waals surface area contributed by atoms with Gasteiger partial charge in [0.15, 0.2) is 6.23 Å². The number of halogens is 1. The molecular formula is C26H30ClNO7. The minimum Gasteiger partial charge on any atom is -0.490 e. The molecule has 1 aromatic heterocycles. The quantitative estimate of drug-likeness (QED) is 0.408. The normalized spacial score (nSPS) is 27.9. The van der Waals surface area contributed by atoms with Crippen LogP contribution in [-0.2, 0) is 15.9 Å². The minimum absolute atomic E-state index is 0.171. The van der Waals surface area contributed by atoms with Crippen LogP contribution in [0.1, 0.15) is 30.2 Å². The number of hydrogen-bond donors (Lipinski definition) is 4. The average Bonchev–Trinajstić information content (AvgIpc) is 3.24. The van der Waals surface area contributed by atoms with E-state index in [2.05, 4.69) is 0 Å². The molecule has 2 aromatic carbocycles. The van der Waals surface area contributed by atoms with E-state index < -0.39 is 37.3 Å². The third kappa shape index (κ3) is 4.93. The fourth-order valence-corrected chi connectivity index (χ4v) is 5.19. The first kappa shape index (κ1) is 24.5. The van der Waals surface area contributed by atoms with Crippen LogP contribution in [0.5, 0.6) is 5.75 Å². The zero-order valence-corrected chi connectivity index (χ0v) is 19.9. The number of hydrogen-bond acceptors (Lipinski definition) is 7. The molecule has 9 heteroatoms. The van der Waals surface area contributed by atoms with Crippen LogP contribution in [0.25, 0.3) is 10.9 Å². The Balaban J connectivity index is 1.42. The molecule has 0 aliphatic carbocycles. The van der Waals surface area contributed by atoms with E-state index in [4.69, 9.17) is 25.8 Å². The number of aromatic nitrogens is 1. The molecule has 2 fully saturated rings. The van der Waals surface area contributed by atoms with E-state index >= 15 is 0 Å². The number of aliphatic hydroxyl groups excluding tert-OH is 4. The van der Waals surface area contributed by atoms with Gasteiger partial charge in [0.2, 0.25) is 0 Å². The lowest BCUT2D eigenvalue weighted by Crippen LogP contribution is -2.56. The highest BCUT2D eigenvalue weighted by atomic mass is 35.5. The first-order chi connectivity index (χ1) is 17.0. The lowest BCUT2D eigenvalue weighted by atomic mass is 9.98. The summed E-state index contributed by atoms with van der Waals surface area (Å²) in [7, 11) is 0. The SMILES string of the molecule is OC[C@H]1O[C@@H](n2cc(Cc3ccc(OC4CCOCC4)cc3)c3c(Cl)cccc32)[C@H](O)[C@@H](O)[C@@H]1O. The maximum atomic E-state index is 10.7. The van der Waals surface area contributed by atoms with Crippen molar-refractivity contribution in [2.45, 2.75) is 56.0 Å². The summed E-state index contributed by atoms with van der Waals surface area (Å²) in [6.07, 6.45) is -1.92. The Morgan fingerprint density at radius 2 is 1.71 bits per heavy atom. The molecule has 0 bridgehead atoms. The Kier molecular flexibility index (Phi) is 7.31. The van der Waals surface area contributed by atoms with Crippen molar-refractivity contribution in [2.75, 3.05) is 19.8 Å². The van der Waals surface area contributed by atoms with Gasteiger partial charge in [0.1, 0.15) is 36.3 Å². The molecular weight excluding hydrogens is 474 g/mol. The van der Waals surface area contributed by atoms with Crippen LogP contribution in [-0.4, -0.2) is 75.3 Å². The summed E-state index contributed by atoms with van der Waals surface area (Å²) in [4.78, 5) is 0. The fourth-order valence-electron chi connectivity index (χ4n) is 4.90. The molecule has 3 heterocycles. The molecule has 0 spiro atoms. The van der Waals surface area contributed by atoms with Gasteiger partial charge < -0.3 is 39.2 Å². The zero-order chi connectivity index (χ0) is 24.5. The van der Waals surface area contributed by atoms with Crippen molar-refractivity contribution in [2.24, 2.45) is 0 Å². The minimum atomic E-state index is -1.46. The van der Waals surface area contributed by atoms with Gasteiger partial charge in [-0.3, -0.25) is 0 Å². The molecule has 2 aliphatic heterocycles. The van der Waals surface area contributed by atoms with E-state index in [0.717, 1.165) is 53.8 Å². The molecule has 2 aliphatic rings. The van der Waals surface area contributed by atoms with Crippen LogP contribution < -0.4 is 4.74 Å². The molecule has 0 unspecified atom stereocenters. The van der Waals surface area contributed by atoms with Crippen molar-refractivity contribution in [1.82, 2.24) is 4.57 Å². The van der Waals surface area contributed by atoms with Crippen molar-refractivity contribution >= 4 is 22.5 Å². The molecule has 0 radical (unpaired) electrons. The number of aliphatic hydroxyl groups is 4. The highest BCUT2D eigenvalue weighted by Crippen LogP contribution is 2.36. The topological polar surface area (TPSA) is 114 Å². The van der Waals surface area contributed by atoms with Crippen LogP contribution in [0.2, 0.25) is 5.02 Å². The van der Waals surface area contributed by atoms with Gasteiger partial charge in [-0.2, -0.15) is 0 Å². The molecule has 5 rings (SSSR count). The van der Waals surface area contributed by atoms with Gasteiger partial charge >= 0.3 is 0 Å². The van der Waals surface area contributed by atoms with E-state index in [0.29, 0.717) is 11.4 Å². The molecule has 5 atom stereocenters. The number of rotatable bonds is 6. The monoisotopic (exact) mass is 503 g/mol. The Morgan fingerprint density at radius 1 is 0.971 bits per heavy atom. The fraction of sp³-hybridized carbons (Fsp3) is 0.462. The third-order valence-electron chi connectivity index (χ3n) is 6.82. The van der Waals surface area contributed by atoms with Crippen molar-refractivity contribution in [3.05, 3.63) is 64.8 Å². The zero-order valence-electron chi connectivity index (χ0n) is 19.2. The molecule has 8 nitrogen and oxygen atoms in total. The van der Waals surface area contributed by atoms with Crippen LogP contribution in [0.15, 0.2) is 48.7 Å². The first-order valence-corrected chi connectivity index (χ1v) is 12.3. The van der Waals surface area contributed by atoms with Crippen LogP contribution in [0, 0.1) is 0 Å². The summed E-state index contributed by atoms with van der Waals surface area (Å²) < 4.78 is 19.0. The Bertz CT molecular complexity index is 1140. The summed E-state index contributed by atoms with van der Waals surface area (Å²) in [5.41, 5.74) is 2.69. The highest BCUT2D eigenvalue weighted by molar-refractivity contribution is 6.35. The maximum absolute atomic E-state index is 10.7. The number of benzene rings is 2. The van der Waals surface area contributed by atoms with E-state index in [1.807, 2.05) is 36.5 Å². The number of nitrogens with zero attached hydrogens (tertiary/aromatic N) is 1. The van der Waals surface area contributed by atoms with Gasteiger partial charge in [0, 0.05) is 24.4 Å². The second-order valence-corrected chi connectivity index (χ2v) is 9.57. The lowest BCUT2D eigenvalue weighted by molar-refractivity contribution is -0.250. The molecule has 4 N–H and O–H groups in total.